The van der Waals surface area contributed by atoms with E-state index in [0.717, 1.165) is 36.3 Å². The minimum atomic E-state index is 0.101. The Morgan fingerprint density at radius 1 is 1.43 bits per heavy atom. The molecule has 2 aliphatic rings. The lowest BCUT2D eigenvalue weighted by Crippen LogP contribution is -2.44. The summed E-state index contributed by atoms with van der Waals surface area (Å²) in [6.07, 6.45) is 6.67. The molecule has 2 aliphatic carbocycles. The molecule has 2 heterocycles. The summed E-state index contributed by atoms with van der Waals surface area (Å²) in [7, 11) is 0. The van der Waals surface area contributed by atoms with Crippen LogP contribution in [0.5, 0.6) is 0 Å². The number of nitrogens with one attached hydrogen (secondary N) is 1. The van der Waals surface area contributed by atoms with Crippen molar-refractivity contribution >= 4 is 17.4 Å². The van der Waals surface area contributed by atoms with Gasteiger partial charge in [0.15, 0.2) is 0 Å². The number of pyridine rings is 1. The number of rotatable bonds is 2. The van der Waals surface area contributed by atoms with Gasteiger partial charge in [-0.05, 0) is 49.7 Å². The first-order valence-corrected chi connectivity index (χ1v) is 7.62. The van der Waals surface area contributed by atoms with Gasteiger partial charge < -0.3 is 11.1 Å². The highest BCUT2D eigenvalue weighted by molar-refractivity contribution is 5.92. The van der Waals surface area contributed by atoms with Crippen LogP contribution in [0.25, 0.3) is 5.65 Å². The third-order valence-electron chi connectivity index (χ3n) is 5.23. The first-order chi connectivity index (χ1) is 10.1. The van der Waals surface area contributed by atoms with Crippen LogP contribution in [0.3, 0.4) is 0 Å². The van der Waals surface area contributed by atoms with E-state index in [1.165, 1.54) is 0 Å². The Hall–Kier alpha value is -1.88. The van der Waals surface area contributed by atoms with Crippen molar-refractivity contribution in [1.82, 2.24) is 9.38 Å². The molecule has 0 bridgehead atoms. The zero-order valence-corrected chi connectivity index (χ0v) is 12.1. The molecule has 0 saturated heterocycles. The number of aromatic nitrogens is 2. The van der Waals surface area contributed by atoms with Crippen molar-refractivity contribution in [1.29, 1.82) is 0 Å². The second-order valence-electron chi connectivity index (χ2n) is 6.51. The van der Waals surface area contributed by atoms with E-state index in [-0.39, 0.29) is 11.8 Å². The summed E-state index contributed by atoms with van der Waals surface area (Å²) in [5.41, 5.74) is 8.00. The molecule has 5 heteroatoms. The van der Waals surface area contributed by atoms with Crippen molar-refractivity contribution in [3.05, 3.63) is 30.1 Å². The van der Waals surface area contributed by atoms with E-state index < -0.39 is 0 Å². The topological polar surface area (TPSA) is 72.4 Å². The average Bonchev–Trinajstić information content (AvgIpc) is 3.01. The molecule has 4 unspecified atom stereocenters. The van der Waals surface area contributed by atoms with Crippen LogP contribution in [0.1, 0.15) is 24.8 Å². The van der Waals surface area contributed by atoms with Crippen LogP contribution in [-0.2, 0) is 4.79 Å². The number of aryl methyl sites for hydroxylation is 1. The number of amides is 1. The third-order valence-corrected chi connectivity index (χ3v) is 5.23. The van der Waals surface area contributed by atoms with E-state index in [1.807, 2.05) is 29.7 Å². The maximum Gasteiger partial charge on any atom is 0.228 e. The number of carbonyl (C=O) groups excluding carboxylic acids is 1. The summed E-state index contributed by atoms with van der Waals surface area (Å²) in [6.45, 7) is 2.02. The van der Waals surface area contributed by atoms with Crippen molar-refractivity contribution in [2.45, 2.75) is 32.2 Å². The number of fused-ring (bicyclic) bond motifs is 2. The molecule has 2 aromatic heterocycles. The Balaban J connectivity index is 1.52. The van der Waals surface area contributed by atoms with Crippen molar-refractivity contribution < 1.29 is 4.79 Å². The molecule has 0 aromatic carbocycles. The van der Waals surface area contributed by atoms with Gasteiger partial charge >= 0.3 is 0 Å². The largest absolute Gasteiger partial charge is 0.327 e. The van der Waals surface area contributed by atoms with Crippen molar-refractivity contribution in [2.75, 3.05) is 5.32 Å². The van der Waals surface area contributed by atoms with Gasteiger partial charge in [0.1, 0.15) is 11.5 Å². The molecule has 21 heavy (non-hydrogen) atoms. The highest BCUT2D eigenvalue weighted by Gasteiger charge is 2.47. The van der Waals surface area contributed by atoms with E-state index >= 15 is 0 Å². The fraction of sp³-hybridized carbons (Fsp3) is 0.500. The molecule has 110 valence electrons. The van der Waals surface area contributed by atoms with Gasteiger partial charge in [0, 0.05) is 18.2 Å². The van der Waals surface area contributed by atoms with Gasteiger partial charge in [0.05, 0.1) is 6.20 Å². The quantitative estimate of drug-likeness (QED) is 0.885. The van der Waals surface area contributed by atoms with Crippen LogP contribution in [0.4, 0.5) is 5.82 Å². The maximum atomic E-state index is 12.5. The molecule has 4 rings (SSSR count). The fourth-order valence-electron chi connectivity index (χ4n) is 3.97. The summed E-state index contributed by atoms with van der Waals surface area (Å²) in [5.74, 6) is 2.19. The lowest BCUT2D eigenvalue weighted by Gasteiger charge is -2.37. The summed E-state index contributed by atoms with van der Waals surface area (Å²) in [4.78, 5) is 16.9. The van der Waals surface area contributed by atoms with Gasteiger partial charge in [-0.15, -0.1) is 0 Å². The van der Waals surface area contributed by atoms with Gasteiger partial charge in [0.25, 0.3) is 0 Å². The van der Waals surface area contributed by atoms with E-state index in [4.69, 9.17) is 5.73 Å². The van der Waals surface area contributed by atoms with Crippen molar-refractivity contribution in [3.63, 3.8) is 0 Å². The SMILES string of the molecule is Cc1cccn2c(NC(=O)C3CC4CC(N)C4C3)cnc12. The summed E-state index contributed by atoms with van der Waals surface area (Å²) in [5, 5.41) is 3.04. The fourth-order valence-corrected chi connectivity index (χ4v) is 3.97. The zero-order chi connectivity index (χ0) is 14.6. The monoisotopic (exact) mass is 284 g/mol. The molecule has 2 aromatic rings. The number of nitrogens with zero attached hydrogens (tertiary/aromatic N) is 2. The number of hydrogen-bond donors (Lipinski definition) is 2. The number of nitrogens with two attached hydrogens (primary N) is 1. The lowest BCUT2D eigenvalue weighted by molar-refractivity contribution is -0.119. The zero-order valence-electron chi connectivity index (χ0n) is 12.1. The minimum absolute atomic E-state index is 0.101. The Labute approximate surface area is 123 Å². The molecule has 1 amide bonds. The Kier molecular flexibility index (Phi) is 2.79. The first-order valence-electron chi connectivity index (χ1n) is 7.62. The highest BCUT2D eigenvalue weighted by atomic mass is 16.2. The minimum Gasteiger partial charge on any atom is -0.327 e. The molecule has 2 fully saturated rings. The predicted octanol–water partition coefficient (Wildman–Crippen LogP) is 1.95. The number of anilines is 1. The molecule has 3 N–H and O–H groups in total. The van der Waals surface area contributed by atoms with Gasteiger partial charge in [0.2, 0.25) is 5.91 Å². The second kappa shape index (κ2) is 4.56. The van der Waals surface area contributed by atoms with Gasteiger partial charge in [-0.25, -0.2) is 4.98 Å². The lowest BCUT2D eigenvalue weighted by atomic mass is 9.72. The van der Waals surface area contributed by atoms with Gasteiger partial charge in [-0.1, -0.05) is 6.07 Å². The van der Waals surface area contributed by atoms with Crippen LogP contribution < -0.4 is 11.1 Å². The molecular formula is C16H20N4O. The molecule has 2 saturated carbocycles. The number of imidazole rings is 1. The number of hydrogen-bond acceptors (Lipinski definition) is 3. The smallest absolute Gasteiger partial charge is 0.228 e. The molecule has 0 aliphatic heterocycles. The van der Waals surface area contributed by atoms with E-state index in [9.17, 15) is 4.79 Å². The number of carbonyl (C=O) groups is 1. The molecule has 4 atom stereocenters. The van der Waals surface area contributed by atoms with Gasteiger partial charge in [-0.3, -0.25) is 9.20 Å². The predicted molar refractivity (Wildman–Crippen MR) is 80.9 cm³/mol. The molecular weight excluding hydrogens is 264 g/mol. The standard InChI is InChI=1S/C16H20N4O/c1-9-3-2-4-20-14(8-18-15(9)20)19-16(21)11-5-10-7-13(17)12(10)6-11/h2-4,8,10-13H,5-7,17H2,1H3,(H,19,21). The summed E-state index contributed by atoms with van der Waals surface area (Å²) < 4.78 is 1.93. The van der Waals surface area contributed by atoms with E-state index in [0.29, 0.717) is 17.9 Å². The third kappa shape index (κ3) is 1.95. The van der Waals surface area contributed by atoms with Gasteiger partial charge in [-0.2, -0.15) is 0 Å². The van der Waals surface area contributed by atoms with Crippen molar-refractivity contribution in [3.8, 4) is 0 Å². The molecule has 5 nitrogen and oxygen atoms in total. The normalized spacial score (nSPS) is 31.0. The van der Waals surface area contributed by atoms with Crippen LogP contribution in [0, 0.1) is 24.7 Å². The Bertz CT molecular complexity index is 707. The van der Waals surface area contributed by atoms with E-state index in [1.54, 1.807) is 6.20 Å². The van der Waals surface area contributed by atoms with E-state index in [2.05, 4.69) is 10.3 Å². The van der Waals surface area contributed by atoms with Crippen LogP contribution in [0.15, 0.2) is 24.5 Å². The molecule has 0 radical (unpaired) electrons. The maximum absolute atomic E-state index is 12.5. The summed E-state index contributed by atoms with van der Waals surface area (Å²) in [6, 6.07) is 4.30. The van der Waals surface area contributed by atoms with Crippen LogP contribution >= 0.6 is 0 Å². The first kappa shape index (κ1) is 12.8. The van der Waals surface area contributed by atoms with Crippen molar-refractivity contribution in [2.24, 2.45) is 23.5 Å². The molecule has 0 spiro atoms. The summed E-state index contributed by atoms with van der Waals surface area (Å²) >= 11 is 0. The van der Waals surface area contributed by atoms with Crippen LogP contribution in [0.2, 0.25) is 0 Å². The average molecular weight is 284 g/mol. The van der Waals surface area contributed by atoms with Crippen LogP contribution in [-0.4, -0.2) is 21.3 Å². The highest BCUT2D eigenvalue weighted by Crippen LogP contribution is 2.49. The Morgan fingerprint density at radius 3 is 3.05 bits per heavy atom. The second-order valence-corrected chi connectivity index (χ2v) is 6.51. The Morgan fingerprint density at radius 2 is 2.29 bits per heavy atom.